The summed E-state index contributed by atoms with van der Waals surface area (Å²) < 4.78 is 35.1. The summed E-state index contributed by atoms with van der Waals surface area (Å²) in [6.45, 7) is 9.93. The molecule has 164 valence electrons. The third-order valence-electron chi connectivity index (χ3n) is 4.26. The average Bonchev–Trinajstić information content (AvgIpc) is 2.59. The van der Waals surface area contributed by atoms with Gasteiger partial charge in [0.25, 0.3) is 0 Å². The molecule has 29 heavy (non-hydrogen) atoms. The number of alkyl carbamates (subject to hydrolysis) is 1. The summed E-state index contributed by atoms with van der Waals surface area (Å²) in [4.78, 5) is 24.3. The molecule has 1 amide bonds. The lowest BCUT2D eigenvalue weighted by Crippen LogP contribution is -2.48. The van der Waals surface area contributed by atoms with E-state index < -0.39 is 38.2 Å². The first-order valence-corrected chi connectivity index (χ1v) is 11.3. The summed E-state index contributed by atoms with van der Waals surface area (Å²) in [5, 5.41) is 2.51. The fourth-order valence-corrected chi connectivity index (χ4v) is 4.10. The first kappa shape index (κ1) is 24.9. The van der Waals surface area contributed by atoms with Gasteiger partial charge in [-0.05, 0) is 53.5 Å². The van der Waals surface area contributed by atoms with Crippen molar-refractivity contribution in [2.24, 2.45) is 5.92 Å². The Labute approximate surface area is 174 Å². The molecule has 8 heteroatoms. The number of carbonyl (C=O) groups excluding carboxylic acids is 2. The van der Waals surface area contributed by atoms with Crippen LogP contribution < -0.4 is 5.32 Å². The Morgan fingerprint density at radius 2 is 1.66 bits per heavy atom. The number of ether oxygens (including phenoxy) is 2. The molecule has 1 atom stereocenters. The highest BCUT2D eigenvalue weighted by atomic mass is 32.2. The minimum Gasteiger partial charge on any atom is -0.466 e. The Kier molecular flexibility index (Phi) is 8.68. The molecule has 1 aromatic carbocycles. The lowest BCUT2D eigenvalue weighted by atomic mass is 10.0. The molecule has 1 rings (SSSR count). The summed E-state index contributed by atoms with van der Waals surface area (Å²) in [6.07, 6.45) is -0.430. The molecule has 0 aliphatic carbocycles. The molecule has 0 bridgehead atoms. The van der Waals surface area contributed by atoms with Crippen LogP contribution in [0.1, 0.15) is 47.1 Å². The summed E-state index contributed by atoms with van der Waals surface area (Å²) in [6, 6.07) is 9.20. The summed E-state index contributed by atoms with van der Waals surface area (Å²) in [7, 11) is -3.75. The van der Waals surface area contributed by atoms with Crippen LogP contribution in [-0.4, -0.2) is 49.7 Å². The van der Waals surface area contributed by atoms with Crippen LogP contribution in [0.25, 0.3) is 0 Å². The molecule has 0 aromatic heterocycles. The van der Waals surface area contributed by atoms with Crippen molar-refractivity contribution in [3.05, 3.63) is 35.9 Å². The van der Waals surface area contributed by atoms with Gasteiger partial charge in [-0.3, -0.25) is 4.79 Å². The zero-order valence-electron chi connectivity index (χ0n) is 18.2. The maximum absolute atomic E-state index is 13.1. The Balaban J connectivity index is 2.91. The van der Waals surface area contributed by atoms with Gasteiger partial charge < -0.3 is 14.8 Å². The maximum atomic E-state index is 13.1. The van der Waals surface area contributed by atoms with E-state index in [-0.39, 0.29) is 25.3 Å². The standard InChI is InChI=1S/C21H33NO6S/c1-7-27-18(23)17(13-16-11-9-8-10-12-16)14-29(25,26)21(5,6)15-22-19(24)28-20(2,3)4/h8-12,17H,7,13-15H2,1-6H3,(H,22,24)/t17-/m0/s1. The molecular weight excluding hydrogens is 394 g/mol. The highest BCUT2D eigenvalue weighted by Crippen LogP contribution is 2.22. The second-order valence-electron chi connectivity index (χ2n) is 8.54. The quantitative estimate of drug-likeness (QED) is 0.608. The fraction of sp³-hybridized carbons (Fsp3) is 0.619. The van der Waals surface area contributed by atoms with Crippen molar-refractivity contribution in [3.8, 4) is 0 Å². The predicted molar refractivity (Wildman–Crippen MR) is 112 cm³/mol. The molecule has 0 unspecified atom stereocenters. The van der Waals surface area contributed by atoms with Crippen LogP contribution in [0.5, 0.6) is 0 Å². The number of amides is 1. The number of benzene rings is 1. The molecular formula is C21H33NO6S. The zero-order chi connectivity index (χ0) is 22.3. The van der Waals surface area contributed by atoms with Crippen molar-refractivity contribution in [2.45, 2.75) is 58.3 Å². The number of hydrogen-bond donors (Lipinski definition) is 1. The summed E-state index contributed by atoms with van der Waals surface area (Å²) >= 11 is 0. The van der Waals surface area contributed by atoms with Crippen LogP contribution in [0.15, 0.2) is 30.3 Å². The molecule has 0 saturated carbocycles. The third kappa shape index (κ3) is 8.43. The van der Waals surface area contributed by atoms with Crippen molar-refractivity contribution in [2.75, 3.05) is 18.9 Å². The number of sulfone groups is 1. The van der Waals surface area contributed by atoms with Gasteiger partial charge in [-0.15, -0.1) is 0 Å². The summed E-state index contributed by atoms with van der Waals surface area (Å²) in [5.74, 6) is -1.75. The topological polar surface area (TPSA) is 98.8 Å². The zero-order valence-corrected chi connectivity index (χ0v) is 19.0. The SMILES string of the molecule is CCOC(=O)[C@@H](Cc1ccccc1)CS(=O)(=O)C(C)(C)CNC(=O)OC(C)(C)C. The predicted octanol–water partition coefficient (Wildman–Crippen LogP) is 3.13. The smallest absolute Gasteiger partial charge is 0.407 e. The minimum absolute atomic E-state index is 0.134. The van der Waals surface area contributed by atoms with Crippen molar-refractivity contribution >= 4 is 21.9 Å². The van der Waals surface area contributed by atoms with E-state index in [9.17, 15) is 18.0 Å². The molecule has 1 aromatic rings. The van der Waals surface area contributed by atoms with Crippen molar-refractivity contribution in [1.82, 2.24) is 5.32 Å². The monoisotopic (exact) mass is 427 g/mol. The van der Waals surface area contributed by atoms with Gasteiger partial charge in [0.05, 0.1) is 23.0 Å². The molecule has 0 radical (unpaired) electrons. The normalized spacial score (nSPS) is 13.4. The van der Waals surface area contributed by atoms with Gasteiger partial charge in [-0.2, -0.15) is 0 Å². The largest absolute Gasteiger partial charge is 0.466 e. The molecule has 1 N–H and O–H groups in total. The number of nitrogens with one attached hydrogen (secondary N) is 1. The number of hydrogen-bond acceptors (Lipinski definition) is 6. The van der Waals surface area contributed by atoms with Crippen LogP contribution >= 0.6 is 0 Å². The average molecular weight is 428 g/mol. The molecule has 0 heterocycles. The van der Waals surface area contributed by atoms with Gasteiger partial charge in [0.15, 0.2) is 9.84 Å². The van der Waals surface area contributed by atoms with Crippen molar-refractivity contribution in [3.63, 3.8) is 0 Å². The number of carbonyl (C=O) groups is 2. The highest BCUT2D eigenvalue weighted by Gasteiger charge is 2.39. The Hall–Kier alpha value is -2.09. The molecule has 0 spiro atoms. The van der Waals surface area contributed by atoms with Crippen LogP contribution in [0, 0.1) is 5.92 Å². The van der Waals surface area contributed by atoms with Gasteiger partial charge >= 0.3 is 12.1 Å². The number of rotatable bonds is 9. The lowest BCUT2D eigenvalue weighted by Gasteiger charge is -2.28. The van der Waals surface area contributed by atoms with Crippen molar-refractivity contribution in [1.29, 1.82) is 0 Å². The number of esters is 1. The molecule has 0 fully saturated rings. The van der Waals surface area contributed by atoms with Gasteiger partial charge in [0.2, 0.25) is 0 Å². The molecule has 0 aliphatic heterocycles. The molecule has 7 nitrogen and oxygen atoms in total. The van der Waals surface area contributed by atoms with E-state index >= 15 is 0 Å². The van der Waals surface area contributed by atoms with Crippen LogP contribution in [0.3, 0.4) is 0 Å². The van der Waals surface area contributed by atoms with Crippen molar-refractivity contribution < 1.29 is 27.5 Å². The van der Waals surface area contributed by atoms with E-state index in [1.165, 1.54) is 13.8 Å². The van der Waals surface area contributed by atoms with E-state index in [2.05, 4.69) is 5.32 Å². The van der Waals surface area contributed by atoms with E-state index in [0.29, 0.717) is 0 Å². The van der Waals surface area contributed by atoms with Crippen LogP contribution in [0.2, 0.25) is 0 Å². The van der Waals surface area contributed by atoms with Crippen LogP contribution in [0.4, 0.5) is 4.79 Å². The van der Waals surface area contributed by atoms with E-state index in [0.717, 1.165) is 5.56 Å². The maximum Gasteiger partial charge on any atom is 0.407 e. The van der Waals surface area contributed by atoms with Gasteiger partial charge in [-0.25, -0.2) is 13.2 Å². The van der Waals surface area contributed by atoms with E-state index in [1.54, 1.807) is 27.7 Å². The fourth-order valence-electron chi connectivity index (χ4n) is 2.57. The first-order chi connectivity index (χ1) is 13.3. The first-order valence-electron chi connectivity index (χ1n) is 9.67. The lowest BCUT2D eigenvalue weighted by molar-refractivity contribution is -0.147. The Morgan fingerprint density at radius 3 is 2.17 bits per heavy atom. The molecule has 0 aliphatic rings. The van der Waals surface area contributed by atoms with E-state index in [4.69, 9.17) is 9.47 Å². The molecule has 0 saturated heterocycles. The second-order valence-corrected chi connectivity index (χ2v) is 11.2. The van der Waals surface area contributed by atoms with Gasteiger partial charge in [-0.1, -0.05) is 30.3 Å². The van der Waals surface area contributed by atoms with Gasteiger partial charge in [0, 0.05) is 6.54 Å². The second kappa shape index (κ2) is 10.1. The Bertz CT molecular complexity index is 781. The van der Waals surface area contributed by atoms with Crippen LogP contribution in [-0.2, 0) is 30.5 Å². The summed E-state index contributed by atoms with van der Waals surface area (Å²) in [5.41, 5.74) is 0.170. The van der Waals surface area contributed by atoms with E-state index in [1.807, 2.05) is 30.3 Å². The highest BCUT2D eigenvalue weighted by molar-refractivity contribution is 7.92. The Morgan fingerprint density at radius 1 is 1.07 bits per heavy atom. The minimum atomic E-state index is -3.75. The third-order valence-corrected chi connectivity index (χ3v) is 6.93. The van der Waals surface area contributed by atoms with Gasteiger partial charge in [0.1, 0.15) is 5.60 Å².